The molecule has 2 heterocycles. The molecule has 14 heavy (non-hydrogen) atoms. The van der Waals surface area contributed by atoms with E-state index in [9.17, 15) is 4.79 Å². The third-order valence-electron chi connectivity index (χ3n) is 2.62. The molecule has 2 rings (SSSR count). The second kappa shape index (κ2) is 3.79. The molecule has 1 aromatic heterocycles. The molecule has 1 amide bonds. The van der Waals surface area contributed by atoms with Gasteiger partial charge in [0.05, 0.1) is 17.8 Å². The van der Waals surface area contributed by atoms with Gasteiger partial charge in [-0.2, -0.15) is 5.10 Å². The van der Waals surface area contributed by atoms with Crippen LogP contribution in [0.25, 0.3) is 0 Å². The van der Waals surface area contributed by atoms with Crippen LogP contribution in [0.2, 0.25) is 0 Å². The van der Waals surface area contributed by atoms with Crippen molar-refractivity contribution >= 4 is 11.6 Å². The molecule has 76 valence electrons. The van der Waals surface area contributed by atoms with Gasteiger partial charge >= 0.3 is 0 Å². The summed E-state index contributed by atoms with van der Waals surface area (Å²) >= 11 is 0. The van der Waals surface area contributed by atoms with Crippen LogP contribution in [-0.4, -0.2) is 29.2 Å². The van der Waals surface area contributed by atoms with Crippen LogP contribution >= 0.6 is 0 Å². The molecule has 0 bridgehead atoms. The topological polar surface area (TPSA) is 69.8 Å². The van der Waals surface area contributed by atoms with Crippen molar-refractivity contribution in [2.24, 2.45) is 11.8 Å². The van der Waals surface area contributed by atoms with E-state index in [1.165, 1.54) is 0 Å². The van der Waals surface area contributed by atoms with E-state index in [2.05, 4.69) is 27.8 Å². The number of hydrogen-bond donors (Lipinski definition) is 3. The Bertz CT molecular complexity index is 309. The van der Waals surface area contributed by atoms with E-state index < -0.39 is 0 Å². The summed E-state index contributed by atoms with van der Waals surface area (Å²) in [6.45, 7) is 3.77. The first kappa shape index (κ1) is 9.21. The number of carbonyl (C=O) groups excluding carboxylic acids is 1. The maximum Gasteiger partial charge on any atom is 0.229 e. The lowest BCUT2D eigenvalue weighted by molar-refractivity contribution is -0.120. The number of nitrogens with one attached hydrogen (secondary N) is 3. The number of H-pyrrole nitrogens is 1. The summed E-state index contributed by atoms with van der Waals surface area (Å²) in [5.41, 5.74) is 0.731. The molecular weight excluding hydrogens is 180 g/mol. The Balaban J connectivity index is 1.95. The minimum Gasteiger partial charge on any atom is -0.323 e. The van der Waals surface area contributed by atoms with E-state index in [0.29, 0.717) is 5.92 Å². The summed E-state index contributed by atoms with van der Waals surface area (Å²) in [6, 6.07) is 0. The van der Waals surface area contributed by atoms with E-state index in [0.717, 1.165) is 18.8 Å². The molecule has 0 unspecified atom stereocenters. The molecular formula is C9H14N4O. The first-order chi connectivity index (χ1) is 6.77. The molecule has 0 spiro atoms. The number of aromatic nitrogens is 2. The van der Waals surface area contributed by atoms with Crippen molar-refractivity contribution in [3.05, 3.63) is 12.4 Å². The van der Waals surface area contributed by atoms with Gasteiger partial charge in [-0.1, -0.05) is 6.92 Å². The predicted octanol–water partition coefficient (Wildman–Crippen LogP) is 0.204. The molecule has 5 heteroatoms. The first-order valence-electron chi connectivity index (χ1n) is 4.77. The maximum atomic E-state index is 11.7. The van der Waals surface area contributed by atoms with Gasteiger partial charge in [0.15, 0.2) is 0 Å². The van der Waals surface area contributed by atoms with Gasteiger partial charge in [0, 0.05) is 12.7 Å². The normalized spacial score (nSPS) is 26.4. The Morgan fingerprint density at radius 3 is 3.07 bits per heavy atom. The number of anilines is 1. The summed E-state index contributed by atoms with van der Waals surface area (Å²) in [5.74, 6) is 0.552. The van der Waals surface area contributed by atoms with Crippen LogP contribution in [0.15, 0.2) is 12.4 Å². The van der Waals surface area contributed by atoms with Crippen LogP contribution in [0.3, 0.4) is 0 Å². The highest BCUT2D eigenvalue weighted by molar-refractivity contribution is 5.92. The molecule has 0 aromatic carbocycles. The van der Waals surface area contributed by atoms with Crippen molar-refractivity contribution in [2.45, 2.75) is 6.92 Å². The van der Waals surface area contributed by atoms with Crippen molar-refractivity contribution < 1.29 is 4.79 Å². The summed E-state index contributed by atoms with van der Waals surface area (Å²) in [6.07, 6.45) is 3.27. The zero-order valence-electron chi connectivity index (χ0n) is 8.08. The lowest BCUT2D eigenvalue weighted by Gasteiger charge is -2.12. The van der Waals surface area contributed by atoms with Crippen LogP contribution in [0.1, 0.15) is 6.92 Å². The van der Waals surface area contributed by atoms with Crippen LogP contribution < -0.4 is 10.6 Å². The van der Waals surface area contributed by atoms with Crippen molar-refractivity contribution in [1.29, 1.82) is 0 Å². The number of aromatic amines is 1. The number of hydrogen-bond acceptors (Lipinski definition) is 3. The highest BCUT2D eigenvalue weighted by Crippen LogP contribution is 2.17. The fourth-order valence-corrected chi connectivity index (χ4v) is 1.72. The Morgan fingerprint density at radius 1 is 1.64 bits per heavy atom. The van der Waals surface area contributed by atoms with E-state index >= 15 is 0 Å². The Labute approximate surface area is 82.3 Å². The van der Waals surface area contributed by atoms with Gasteiger partial charge in [0.1, 0.15) is 0 Å². The molecule has 2 atom stereocenters. The summed E-state index contributed by atoms with van der Waals surface area (Å²) in [7, 11) is 0. The second-order valence-electron chi connectivity index (χ2n) is 3.72. The van der Waals surface area contributed by atoms with Gasteiger partial charge in [0.25, 0.3) is 0 Å². The number of amides is 1. The molecule has 1 fully saturated rings. The predicted molar refractivity (Wildman–Crippen MR) is 52.7 cm³/mol. The van der Waals surface area contributed by atoms with Gasteiger partial charge in [-0.25, -0.2) is 0 Å². The molecule has 3 N–H and O–H groups in total. The quantitative estimate of drug-likeness (QED) is 0.630. The van der Waals surface area contributed by atoms with E-state index in [1.54, 1.807) is 12.4 Å². The smallest absolute Gasteiger partial charge is 0.229 e. The summed E-state index contributed by atoms with van der Waals surface area (Å²) in [5, 5.41) is 12.4. The first-order valence-corrected chi connectivity index (χ1v) is 4.77. The molecule has 1 aliphatic rings. The largest absolute Gasteiger partial charge is 0.323 e. The third-order valence-corrected chi connectivity index (χ3v) is 2.62. The average molecular weight is 194 g/mol. The Morgan fingerprint density at radius 2 is 2.50 bits per heavy atom. The summed E-state index contributed by atoms with van der Waals surface area (Å²) < 4.78 is 0. The van der Waals surface area contributed by atoms with Crippen LogP contribution in [0.4, 0.5) is 5.69 Å². The fourth-order valence-electron chi connectivity index (χ4n) is 1.72. The molecule has 1 aliphatic heterocycles. The van der Waals surface area contributed by atoms with Crippen LogP contribution in [0.5, 0.6) is 0 Å². The fraction of sp³-hybridized carbons (Fsp3) is 0.556. The molecule has 1 saturated heterocycles. The molecule has 5 nitrogen and oxygen atoms in total. The lowest BCUT2D eigenvalue weighted by Crippen LogP contribution is -2.27. The van der Waals surface area contributed by atoms with E-state index in [-0.39, 0.29) is 11.8 Å². The zero-order valence-corrected chi connectivity index (χ0v) is 8.08. The van der Waals surface area contributed by atoms with Gasteiger partial charge in [0.2, 0.25) is 5.91 Å². The average Bonchev–Trinajstić information content (AvgIpc) is 2.75. The molecule has 0 aliphatic carbocycles. The zero-order chi connectivity index (χ0) is 9.97. The second-order valence-corrected chi connectivity index (χ2v) is 3.72. The minimum absolute atomic E-state index is 0.0731. The van der Waals surface area contributed by atoms with Crippen molar-refractivity contribution in [1.82, 2.24) is 15.5 Å². The molecule has 1 aromatic rings. The highest BCUT2D eigenvalue weighted by Gasteiger charge is 2.29. The third kappa shape index (κ3) is 1.77. The minimum atomic E-state index is 0.0731. The maximum absolute atomic E-state index is 11.7. The highest BCUT2D eigenvalue weighted by atomic mass is 16.2. The van der Waals surface area contributed by atoms with Crippen LogP contribution in [0, 0.1) is 11.8 Å². The molecule has 0 radical (unpaired) electrons. The van der Waals surface area contributed by atoms with Gasteiger partial charge in [-0.05, 0) is 12.5 Å². The van der Waals surface area contributed by atoms with Gasteiger partial charge < -0.3 is 10.6 Å². The van der Waals surface area contributed by atoms with Crippen LogP contribution in [-0.2, 0) is 4.79 Å². The SMILES string of the molecule is C[C@@H]1CNC[C@H]1C(=O)Nc1cn[nH]c1. The van der Waals surface area contributed by atoms with Crippen molar-refractivity contribution in [3.8, 4) is 0 Å². The number of carbonyl (C=O) groups is 1. The number of nitrogens with zero attached hydrogens (tertiary/aromatic N) is 1. The number of rotatable bonds is 2. The standard InChI is InChI=1S/C9H14N4O/c1-6-2-10-5-8(6)9(14)13-7-3-11-12-4-7/h3-4,6,8,10H,2,5H2,1H3,(H,11,12)(H,13,14)/t6-,8-/m1/s1. The van der Waals surface area contributed by atoms with Gasteiger partial charge in [-0.3, -0.25) is 9.89 Å². The Hall–Kier alpha value is -1.36. The van der Waals surface area contributed by atoms with Crippen molar-refractivity contribution in [2.75, 3.05) is 18.4 Å². The summed E-state index contributed by atoms with van der Waals surface area (Å²) in [4.78, 5) is 11.7. The lowest BCUT2D eigenvalue weighted by atomic mass is 9.97. The Kier molecular flexibility index (Phi) is 2.49. The van der Waals surface area contributed by atoms with E-state index in [4.69, 9.17) is 0 Å². The van der Waals surface area contributed by atoms with Gasteiger partial charge in [-0.15, -0.1) is 0 Å². The monoisotopic (exact) mass is 194 g/mol. The molecule has 0 saturated carbocycles. The van der Waals surface area contributed by atoms with E-state index in [1.807, 2.05) is 0 Å². The van der Waals surface area contributed by atoms with Crippen molar-refractivity contribution in [3.63, 3.8) is 0 Å².